The number of rotatable bonds is 6. The van der Waals surface area contributed by atoms with Gasteiger partial charge >= 0.3 is 0 Å². The molecule has 0 spiro atoms. The number of aliphatic hydroxyl groups is 1. The van der Waals surface area contributed by atoms with E-state index in [4.69, 9.17) is 22.1 Å². The van der Waals surface area contributed by atoms with Crippen LogP contribution in [0.15, 0.2) is 48.5 Å². The normalized spacial score (nSPS) is 16.6. The predicted octanol–water partition coefficient (Wildman–Crippen LogP) is 2.48. The number of anilines is 2. The zero-order chi connectivity index (χ0) is 17.6. The number of nitrogen functional groups attached to an aromatic ring is 1. The van der Waals surface area contributed by atoms with E-state index in [9.17, 15) is 5.11 Å². The highest BCUT2D eigenvalue weighted by Gasteiger charge is 2.20. The predicted molar refractivity (Wildman–Crippen MR) is 102 cm³/mol. The van der Waals surface area contributed by atoms with Crippen LogP contribution < -0.4 is 15.4 Å². The standard InChI is InChI=1S/C19H24ClN3O2/c20-18-3-1-2-4-19(18)23-11-9-22(10-12-23)13-16(24)14-25-17-7-5-15(21)6-8-17/h1-8,16,24H,9-14,21H2. The van der Waals surface area contributed by atoms with E-state index >= 15 is 0 Å². The van der Waals surface area contributed by atoms with Crippen LogP contribution in [-0.4, -0.2) is 55.4 Å². The molecule has 2 aromatic carbocycles. The van der Waals surface area contributed by atoms with E-state index in [2.05, 4.69) is 9.80 Å². The molecule has 5 nitrogen and oxygen atoms in total. The minimum absolute atomic E-state index is 0.272. The minimum atomic E-state index is -0.524. The van der Waals surface area contributed by atoms with Crippen LogP contribution in [-0.2, 0) is 0 Å². The quantitative estimate of drug-likeness (QED) is 0.774. The van der Waals surface area contributed by atoms with Gasteiger partial charge in [0.1, 0.15) is 18.5 Å². The summed E-state index contributed by atoms with van der Waals surface area (Å²) in [4.78, 5) is 4.54. The fourth-order valence-corrected chi connectivity index (χ4v) is 3.24. The first-order valence-corrected chi connectivity index (χ1v) is 8.88. The Kier molecular flexibility index (Phi) is 6.02. The third kappa shape index (κ3) is 5.01. The van der Waals surface area contributed by atoms with Crippen molar-refractivity contribution in [2.45, 2.75) is 6.10 Å². The number of piperazine rings is 1. The summed E-state index contributed by atoms with van der Waals surface area (Å²) in [6.45, 7) is 4.46. The maximum atomic E-state index is 10.2. The largest absolute Gasteiger partial charge is 0.491 e. The summed E-state index contributed by atoms with van der Waals surface area (Å²) < 4.78 is 5.61. The molecule has 1 unspecified atom stereocenters. The number of hydrogen-bond donors (Lipinski definition) is 2. The minimum Gasteiger partial charge on any atom is -0.491 e. The molecule has 25 heavy (non-hydrogen) atoms. The molecule has 1 aliphatic rings. The van der Waals surface area contributed by atoms with Gasteiger partial charge in [0.25, 0.3) is 0 Å². The van der Waals surface area contributed by atoms with Crippen molar-refractivity contribution >= 4 is 23.0 Å². The summed E-state index contributed by atoms with van der Waals surface area (Å²) in [6, 6.07) is 15.1. The van der Waals surface area contributed by atoms with Crippen molar-refractivity contribution in [3.8, 4) is 5.75 Å². The van der Waals surface area contributed by atoms with Gasteiger partial charge in [-0.15, -0.1) is 0 Å². The van der Waals surface area contributed by atoms with E-state index in [1.54, 1.807) is 12.1 Å². The highest BCUT2D eigenvalue weighted by Crippen LogP contribution is 2.26. The zero-order valence-electron chi connectivity index (χ0n) is 14.1. The lowest BCUT2D eigenvalue weighted by atomic mass is 10.2. The number of aliphatic hydroxyl groups excluding tert-OH is 1. The van der Waals surface area contributed by atoms with Gasteiger partial charge in [-0.25, -0.2) is 0 Å². The van der Waals surface area contributed by atoms with Crippen molar-refractivity contribution in [3.05, 3.63) is 53.6 Å². The van der Waals surface area contributed by atoms with Crippen LogP contribution in [0.4, 0.5) is 11.4 Å². The Morgan fingerprint density at radius 3 is 2.40 bits per heavy atom. The Bertz CT molecular complexity index is 673. The average Bonchev–Trinajstić information content (AvgIpc) is 2.62. The molecule has 0 saturated carbocycles. The molecule has 2 aromatic rings. The van der Waals surface area contributed by atoms with Gasteiger partial charge in [-0.05, 0) is 36.4 Å². The first-order valence-electron chi connectivity index (χ1n) is 8.50. The summed E-state index contributed by atoms with van der Waals surface area (Å²) in [5, 5.41) is 11.0. The second-order valence-electron chi connectivity index (χ2n) is 6.27. The van der Waals surface area contributed by atoms with Crippen molar-refractivity contribution in [2.75, 3.05) is 50.0 Å². The van der Waals surface area contributed by atoms with Gasteiger partial charge < -0.3 is 20.5 Å². The Labute approximate surface area is 153 Å². The molecular formula is C19H24ClN3O2. The van der Waals surface area contributed by atoms with Crippen LogP contribution >= 0.6 is 11.6 Å². The molecular weight excluding hydrogens is 338 g/mol. The first kappa shape index (κ1) is 17.9. The van der Waals surface area contributed by atoms with E-state index < -0.39 is 6.10 Å². The molecule has 1 fully saturated rings. The maximum Gasteiger partial charge on any atom is 0.119 e. The summed E-state index contributed by atoms with van der Waals surface area (Å²) in [5.74, 6) is 0.719. The Hall–Kier alpha value is -1.95. The van der Waals surface area contributed by atoms with Gasteiger partial charge in [-0.3, -0.25) is 4.90 Å². The number of ether oxygens (including phenoxy) is 1. The zero-order valence-corrected chi connectivity index (χ0v) is 14.9. The Balaban J connectivity index is 1.42. The van der Waals surface area contributed by atoms with E-state index in [1.165, 1.54) is 0 Å². The lowest BCUT2D eigenvalue weighted by Crippen LogP contribution is -2.49. The molecule has 1 aliphatic heterocycles. The van der Waals surface area contributed by atoms with Gasteiger partial charge in [0, 0.05) is 38.4 Å². The molecule has 3 N–H and O–H groups in total. The maximum absolute atomic E-state index is 10.2. The summed E-state index contributed by atoms with van der Waals surface area (Å²) >= 11 is 6.27. The third-order valence-corrected chi connectivity index (χ3v) is 4.68. The van der Waals surface area contributed by atoms with E-state index in [0.717, 1.165) is 42.6 Å². The lowest BCUT2D eigenvalue weighted by molar-refractivity contribution is 0.0663. The molecule has 1 atom stereocenters. The topological polar surface area (TPSA) is 62.0 Å². The van der Waals surface area contributed by atoms with E-state index in [1.807, 2.05) is 36.4 Å². The molecule has 1 heterocycles. The Morgan fingerprint density at radius 1 is 1.04 bits per heavy atom. The number of β-amino-alcohol motifs (C(OH)–C–C–N with tert-alkyl or cyclic N) is 1. The van der Waals surface area contributed by atoms with Crippen LogP contribution in [0.2, 0.25) is 5.02 Å². The monoisotopic (exact) mass is 361 g/mol. The lowest BCUT2D eigenvalue weighted by Gasteiger charge is -2.37. The second kappa shape index (κ2) is 8.43. The number of nitrogens with zero attached hydrogens (tertiary/aromatic N) is 2. The van der Waals surface area contributed by atoms with Crippen molar-refractivity contribution in [1.29, 1.82) is 0 Å². The summed E-state index contributed by atoms with van der Waals surface area (Å²) in [5.41, 5.74) is 7.42. The highest BCUT2D eigenvalue weighted by molar-refractivity contribution is 6.33. The molecule has 1 saturated heterocycles. The van der Waals surface area contributed by atoms with Crippen LogP contribution in [0, 0.1) is 0 Å². The molecule has 6 heteroatoms. The number of para-hydroxylation sites is 1. The van der Waals surface area contributed by atoms with Crippen LogP contribution in [0.1, 0.15) is 0 Å². The summed E-state index contributed by atoms with van der Waals surface area (Å²) in [6.07, 6.45) is -0.524. The molecule has 0 bridgehead atoms. The van der Waals surface area contributed by atoms with Crippen molar-refractivity contribution < 1.29 is 9.84 Å². The van der Waals surface area contributed by atoms with Crippen LogP contribution in [0.25, 0.3) is 0 Å². The van der Waals surface area contributed by atoms with Gasteiger partial charge in [-0.2, -0.15) is 0 Å². The van der Waals surface area contributed by atoms with Gasteiger partial charge in [0.2, 0.25) is 0 Å². The van der Waals surface area contributed by atoms with Gasteiger partial charge in [0.05, 0.1) is 10.7 Å². The number of nitrogens with two attached hydrogens (primary N) is 1. The molecule has 0 amide bonds. The number of hydrogen-bond acceptors (Lipinski definition) is 5. The van der Waals surface area contributed by atoms with E-state index in [0.29, 0.717) is 12.2 Å². The second-order valence-corrected chi connectivity index (χ2v) is 6.68. The Morgan fingerprint density at radius 2 is 1.72 bits per heavy atom. The summed E-state index contributed by atoms with van der Waals surface area (Å²) in [7, 11) is 0. The molecule has 0 radical (unpaired) electrons. The highest BCUT2D eigenvalue weighted by atomic mass is 35.5. The fraction of sp³-hybridized carbons (Fsp3) is 0.368. The fourth-order valence-electron chi connectivity index (χ4n) is 2.99. The van der Waals surface area contributed by atoms with E-state index in [-0.39, 0.29) is 6.61 Å². The molecule has 134 valence electrons. The van der Waals surface area contributed by atoms with Crippen LogP contribution in [0.3, 0.4) is 0 Å². The first-order chi connectivity index (χ1) is 12.1. The number of halogens is 1. The van der Waals surface area contributed by atoms with Gasteiger partial charge in [-0.1, -0.05) is 23.7 Å². The van der Waals surface area contributed by atoms with Crippen LogP contribution in [0.5, 0.6) is 5.75 Å². The molecule has 0 aromatic heterocycles. The SMILES string of the molecule is Nc1ccc(OCC(O)CN2CCN(c3ccccc3Cl)CC2)cc1. The van der Waals surface area contributed by atoms with Crippen molar-refractivity contribution in [3.63, 3.8) is 0 Å². The van der Waals surface area contributed by atoms with Gasteiger partial charge in [0.15, 0.2) is 0 Å². The molecule has 3 rings (SSSR count). The molecule has 0 aliphatic carbocycles. The van der Waals surface area contributed by atoms with Crippen molar-refractivity contribution in [2.24, 2.45) is 0 Å². The average molecular weight is 362 g/mol. The van der Waals surface area contributed by atoms with Crippen molar-refractivity contribution in [1.82, 2.24) is 4.90 Å². The number of benzene rings is 2. The smallest absolute Gasteiger partial charge is 0.119 e. The third-order valence-electron chi connectivity index (χ3n) is 4.36.